The first-order valence-electron chi connectivity index (χ1n) is 6.90. The van der Waals surface area contributed by atoms with Crippen LogP contribution in [0.25, 0.3) is 5.65 Å². The lowest BCUT2D eigenvalue weighted by molar-refractivity contribution is 0.356. The number of aromatic amines is 1. The van der Waals surface area contributed by atoms with E-state index >= 15 is 0 Å². The SMILES string of the molecule is O=c1c2c([nH]c3ccnn13)C1(CCCC1)CCC2. The zero-order valence-electron chi connectivity index (χ0n) is 10.4. The van der Waals surface area contributed by atoms with Crippen molar-refractivity contribution in [2.75, 3.05) is 0 Å². The average Bonchev–Trinajstić information content (AvgIpc) is 3.00. The molecule has 1 fully saturated rings. The molecule has 0 aliphatic heterocycles. The van der Waals surface area contributed by atoms with Gasteiger partial charge in [0.05, 0.1) is 6.20 Å². The molecule has 4 heteroatoms. The molecule has 94 valence electrons. The molecule has 0 radical (unpaired) electrons. The summed E-state index contributed by atoms with van der Waals surface area (Å²) in [6.45, 7) is 0. The molecule has 1 N–H and O–H groups in total. The van der Waals surface area contributed by atoms with Crippen molar-refractivity contribution in [1.29, 1.82) is 0 Å². The maximum Gasteiger partial charge on any atom is 0.277 e. The Balaban J connectivity index is 2.05. The van der Waals surface area contributed by atoms with Gasteiger partial charge in [-0.15, -0.1) is 0 Å². The molecular formula is C14H17N3O. The van der Waals surface area contributed by atoms with Crippen LogP contribution in [0.2, 0.25) is 0 Å². The second-order valence-corrected chi connectivity index (χ2v) is 5.75. The molecule has 1 saturated carbocycles. The van der Waals surface area contributed by atoms with Gasteiger partial charge in [-0.2, -0.15) is 9.61 Å². The molecule has 2 aromatic rings. The Bertz CT molecular complexity index is 661. The molecular weight excluding hydrogens is 226 g/mol. The first kappa shape index (κ1) is 10.4. The van der Waals surface area contributed by atoms with Crippen molar-refractivity contribution in [3.8, 4) is 0 Å². The topological polar surface area (TPSA) is 50.2 Å². The Morgan fingerprint density at radius 1 is 1.22 bits per heavy atom. The van der Waals surface area contributed by atoms with E-state index in [1.807, 2.05) is 6.07 Å². The van der Waals surface area contributed by atoms with Crippen LogP contribution in [0.1, 0.15) is 49.8 Å². The van der Waals surface area contributed by atoms with Gasteiger partial charge in [0.2, 0.25) is 0 Å². The lowest BCUT2D eigenvalue weighted by atomic mass is 9.72. The van der Waals surface area contributed by atoms with E-state index in [9.17, 15) is 4.79 Å². The van der Waals surface area contributed by atoms with Crippen LogP contribution in [-0.2, 0) is 11.8 Å². The zero-order valence-corrected chi connectivity index (χ0v) is 10.4. The molecule has 0 amide bonds. The highest BCUT2D eigenvalue weighted by atomic mass is 16.1. The lowest BCUT2D eigenvalue weighted by Gasteiger charge is -2.34. The van der Waals surface area contributed by atoms with Crippen LogP contribution in [0, 0.1) is 0 Å². The minimum Gasteiger partial charge on any atom is -0.343 e. The number of hydrogen-bond acceptors (Lipinski definition) is 2. The number of aromatic nitrogens is 3. The summed E-state index contributed by atoms with van der Waals surface area (Å²) in [5, 5.41) is 4.11. The van der Waals surface area contributed by atoms with Crippen LogP contribution in [0.3, 0.4) is 0 Å². The van der Waals surface area contributed by atoms with Gasteiger partial charge in [-0.3, -0.25) is 4.79 Å². The van der Waals surface area contributed by atoms with Gasteiger partial charge in [0.25, 0.3) is 5.56 Å². The normalized spacial score (nSPS) is 21.6. The van der Waals surface area contributed by atoms with Gasteiger partial charge in [-0.05, 0) is 32.1 Å². The fourth-order valence-electron chi connectivity index (χ4n) is 3.96. The van der Waals surface area contributed by atoms with Crippen molar-refractivity contribution in [2.45, 2.75) is 50.4 Å². The van der Waals surface area contributed by atoms with Gasteiger partial charge >= 0.3 is 0 Å². The van der Waals surface area contributed by atoms with Gasteiger partial charge in [0.1, 0.15) is 5.65 Å². The highest BCUT2D eigenvalue weighted by molar-refractivity contribution is 5.42. The third-order valence-corrected chi connectivity index (χ3v) is 4.82. The van der Waals surface area contributed by atoms with E-state index in [1.54, 1.807) is 6.20 Å². The molecule has 2 heterocycles. The summed E-state index contributed by atoms with van der Waals surface area (Å²) in [6.07, 6.45) is 10.0. The first-order chi connectivity index (χ1) is 8.80. The maximum atomic E-state index is 12.5. The fourth-order valence-corrected chi connectivity index (χ4v) is 3.96. The van der Waals surface area contributed by atoms with E-state index in [0.717, 1.165) is 24.1 Å². The Morgan fingerprint density at radius 2 is 2.00 bits per heavy atom. The molecule has 2 aromatic heterocycles. The van der Waals surface area contributed by atoms with Gasteiger partial charge in [0, 0.05) is 22.7 Å². The second-order valence-electron chi connectivity index (χ2n) is 5.75. The predicted octanol–water partition coefficient (Wildman–Crippen LogP) is 2.17. The van der Waals surface area contributed by atoms with Crippen molar-refractivity contribution < 1.29 is 0 Å². The molecule has 0 aromatic carbocycles. The highest BCUT2D eigenvalue weighted by Gasteiger charge is 2.40. The number of H-pyrrole nitrogens is 1. The smallest absolute Gasteiger partial charge is 0.277 e. The van der Waals surface area contributed by atoms with Gasteiger partial charge in [-0.1, -0.05) is 12.8 Å². The van der Waals surface area contributed by atoms with E-state index in [-0.39, 0.29) is 11.0 Å². The van der Waals surface area contributed by atoms with E-state index in [1.165, 1.54) is 42.3 Å². The first-order valence-corrected chi connectivity index (χ1v) is 6.90. The number of fused-ring (bicyclic) bond motifs is 3. The van der Waals surface area contributed by atoms with Crippen molar-refractivity contribution in [2.24, 2.45) is 0 Å². The molecule has 0 bridgehead atoms. The number of hydrogen-bond donors (Lipinski definition) is 1. The molecule has 4 nitrogen and oxygen atoms in total. The molecule has 0 saturated heterocycles. The number of nitrogens with zero attached hydrogens (tertiary/aromatic N) is 2. The minimum absolute atomic E-state index is 0.0923. The van der Waals surface area contributed by atoms with Crippen LogP contribution in [0.4, 0.5) is 0 Å². The monoisotopic (exact) mass is 243 g/mol. The lowest BCUT2D eigenvalue weighted by Crippen LogP contribution is -2.35. The molecule has 2 aliphatic rings. The molecule has 4 rings (SSSR count). The van der Waals surface area contributed by atoms with Crippen molar-refractivity contribution in [1.82, 2.24) is 14.6 Å². The molecule has 0 atom stereocenters. The largest absolute Gasteiger partial charge is 0.343 e. The van der Waals surface area contributed by atoms with Gasteiger partial charge in [0.15, 0.2) is 0 Å². The summed E-state index contributed by atoms with van der Waals surface area (Å²) in [4.78, 5) is 16.0. The molecule has 1 spiro atoms. The Labute approximate surface area is 105 Å². The van der Waals surface area contributed by atoms with Crippen LogP contribution in [-0.4, -0.2) is 14.6 Å². The third kappa shape index (κ3) is 1.21. The van der Waals surface area contributed by atoms with Crippen molar-refractivity contribution in [3.63, 3.8) is 0 Å². The predicted molar refractivity (Wildman–Crippen MR) is 68.9 cm³/mol. The van der Waals surface area contributed by atoms with Crippen molar-refractivity contribution >= 4 is 5.65 Å². The van der Waals surface area contributed by atoms with E-state index in [4.69, 9.17) is 0 Å². The van der Waals surface area contributed by atoms with Crippen molar-refractivity contribution in [3.05, 3.63) is 33.9 Å². The highest BCUT2D eigenvalue weighted by Crippen LogP contribution is 2.47. The summed E-state index contributed by atoms with van der Waals surface area (Å²) in [7, 11) is 0. The third-order valence-electron chi connectivity index (χ3n) is 4.82. The number of nitrogens with one attached hydrogen (secondary N) is 1. The van der Waals surface area contributed by atoms with Crippen LogP contribution >= 0.6 is 0 Å². The van der Waals surface area contributed by atoms with Crippen LogP contribution < -0.4 is 5.56 Å². The summed E-state index contributed by atoms with van der Waals surface area (Å²) < 4.78 is 1.51. The van der Waals surface area contributed by atoms with Gasteiger partial charge < -0.3 is 4.98 Å². The zero-order chi connectivity index (χ0) is 12.2. The summed E-state index contributed by atoms with van der Waals surface area (Å²) in [5.74, 6) is 0. The van der Waals surface area contributed by atoms with E-state index < -0.39 is 0 Å². The molecule has 0 unspecified atom stereocenters. The summed E-state index contributed by atoms with van der Waals surface area (Å²) in [6, 6.07) is 1.89. The van der Waals surface area contributed by atoms with E-state index in [0.29, 0.717) is 0 Å². The Kier molecular flexibility index (Phi) is 1.99. The fraction of sp³-hybridized carbons (Fsp3) is 0.571. The van der Waals surface area contributed by atoms with Crippen LogP contribution in [0.15, 0.2) is 17.1 Å². The van der Waals surface area contributed by atoms with Gasteiger partial charge in [-0.25, -0.2) is 0 Å². The Morgan fingerprint density at radius 3 is 2.83 bits per heavy atom. The standard InChI is InChI=1S/C14H17N3O/c18-13-10-4-3-8-14(6-1-2-7-14)12(10)16-11-5-9-15-17(11)13/h5,9,16H,1-4,6-8H2. The van der Waals surface area contributed by atoms with Crippen LogP contribution in [0.5, 0.6) is 0 Å². The Hall–Kier alpha value is -1.58. The minimum atomic E-state index is 0.0923. The summed E-state index contributed by atoms with van der Waals surface area (Å²) in [5.41, 5.74) is 3.41. The molecule has 18 heavy (non-hydrogen) atoms. The number of rotatable bonds is 0. The molecule has 2 aliphatic carbocycles. The summed E-state index contributed by atoms with van der Waals surface area (Å²) >= 11 is 0. The average molecular weight is 243 g/mol. The van der Waals surface area contributed by atoms with E-state index in [2.05, 4.69) is 10.1 Å². The quantitative estimate of drug-likeness (QED) is 0.771. The maximum absolute atomic E-state index is 12.5. The second kappa shape index (κ2) is 3.46.